The SMILES string of the molecule is Cc1ccc(S(=O)(=O)N2C[C@H]2[C@@H](O)C#C[Si](C(C)C)(C(C)C)C(C)C)cc1. The molecule has 1 aliphatic rings. The second-order valence-corrected chi connectivity index (χ2v) is 16.0. The second kappa shape index (κ2) is 8.08. The lowest BCUT2D eigenvalue weighted by Crippen LogP contribution is -2.43. The Bertz CT molecular complexity index is 797. The summed E-state index contributed by atoms with van der Waals surface area (Å²) in [7, 11) is -5.50. The summed E-state index contributed by atoms with van der Waals surface area (Å²) in [6.07, 6.45) is -0.937. The molecular formula is C21H33NO3SSi. The number of hydrogen-bond donors (Lipinski definition) is 1. The Hall–Kier alpha value is -1.13. The molecule has 0 spiro atoms. The van der Waals surface area contributed by atoms with Crippen LogP contribution >= 0.6 is 0 Å². The van der Waals surface area contributed by atoms with Gasteiger partial charge in [-0.25, -0.2) is 8.42 Å². The average molecular weight is 408 g/mol. The lowest BCUT2D eigenvalue weighted by Gasteiger charge is -2.38. The summed E-state index contributed by atoms with van der Waals surface area (Å²) >= 11 is 0. The van der Waals surface area contributed by atoms with Crippen LogP contribution in [0.4, 0.5) is 0 Å². The van der Waals surface area contributed by atoms with Crippen molar-refractivity contribution in [2.75, 3.05) is 6.54 Å². The van der Waals surface area contributed by atoms with Crippen LogP contribution in [0, 0.1) is 18.4 Å². The molecule has 3 atom stereocenters. The fourth-order valence-electron chi connectivity index (χ4n) is 4.24. The van der Waals surface area contributed by atoms with E-state index < -0.39 is 30.2 Å². The van der Waals surface area contributed by atoms with Gasteiger partial charge in [-0.3, -0.25) is 0 Å². The molecule has 27 heavy (non-hydrogen) atoms. The Morgan fingerprint density at radius 2 is 1.52 bits per heavy atom. The number of aliphatic hydroxyl groups excluding tert-OH is 1. The maximum atomic E-state index is 12.7. The lowest BCUT2D eigenvalue weighted by molar-refractivity contribution is 0.222. The van der Waals surface area contributed by atoms with E-state index in [1.807, 2.05) is 6.92 Å². The molecule has 2 rings (SSSR count). The maximum Gasteiger partial charge on any atom is 0.243 e. The van der Waals surface area contributed by atoms with Gasteiger partial charge in [-0.05, 0) is 35.7 Å². The van der Waals surface area contributed by atoms with Crippen LogP contribution in [0.5, 0.6) is 0 Å². The number of nitrogens with zero attached hydrogens (tertiary/aromatic N) is 1. The van der Waals surface area contributed by atoms with E-state index >= 15 is 0 Å². The second-order valence-electron chi connectivity index (χ2n) is 8.57. The average Bonchev–Trinajstić information content (AvgIpc) is 3.36. The van der Waals surface area contributed by atoms with Crippen LogP contribution < -0.4 is 0 Å². The first kappa shape index (κ1) is 22.2. The summed E-state index contributed by atoms with van der Waals surface area (Å²) < 4.78 is 26.8. The minimum atomic E-state index is -3.56. The van der Waals surface area contributed by atoms with Gasteiger partial charge in [0.1, 0.15) is 14.2 Å². The molecule has 1 heterocycles. The molecule has 0 aromatic heterocycles. The van der Waals surface area contributed by atoms with E-state index in [4.69, 9.17) is 0 Å². The minimum absolute atomic E-state index is 0.269. The molecule has 4 nitrogen and oxygen atoms in total. The van der Waals surface area contributed by atoms with Crippen molar-refractivity contribution in [3.63, 3.8) is 0 Å². The number of hydrogen-bond acceptors (Lipinski definition) is 3. The molecule has 1 fully saturated rings. The Labute approximate surface area is 166 Å². The van der Waals surface area contributed by atoms with Crippen molar-refractivity contribution in [1.29, 1.82) is 0 Å². The standard InChI is InChI=1S/C21H33NO3SSi/c1-15(2)27(16(3)4,17(5)6)13-12-21(23)20-14-22(20)26(24,25)19-10-8-18(7)9-11-19/h8-11,15-17,20-21,23H,14H2,1-7H3/t20-,21-,22?/m0/s1. The molecule has 0 amide bonds. The van der Waals surface area contributed by atoms with Gasteiger partial charge in [0, 0.05) is 6.54 Å². The van der Waals surface area contributed by atoms with Crippen molar-refractivity contribution in [3.05, 3.63) is 29.8 Å². The summed E-state index contributed by atoms with van der Waals surface area (Å²) in [5.41, 5.74) is 5.93. The van der Waals surface area contributed by atoms with Gasteiger partial charge in [-0.2, -0.15) is 4.31 Å². The number of rotatable bonds is 6. The molecular weight excluding hydrogens is 374 g/mol. The van der Waals surface area contributed by atoms with E-state index in [1.165, 1.54) is 4.31 Å². The monoisotopic (exact) mass is 407 g/mol. The van der Waals surface area contributed by atoms with Gasteiger partial charge in [0.2, 0.25) is 10.0 Å². The van der Waals surface area contributed by atoms with E-state index in [0.717, 1.165) is 5.56 Å². The highest BCUT2D eigenvalue weighted by molar-refractivity contribution is 7.89. The van der Waals surface area contributed by atoms with E-state index in [0.29, 0.717) is 23.2 Å². The first-order valence-corrected chi connectivity index (χ1v) is 13.4. The molecule has 0 bridgehead atoms. The third-order valence-electron chi connectivity index (χ3n) is 5.90. The molecule has 1 aromatic carbocycles. The third-order valence-corrected chi connectivity index (χ3v) is 14.1. The molecule has 0 aliphatic carbocycles. The van der Waals surface area contributed by atoms with Gasteiger partial charge < -0.3 is 5.11 Å². The van der Waals surface area contributed by atoms with Crippen molar-refractivity contribution in [2.45, 2.75) is 82.1 Å². The zero-order chi connectivity index (χ0) is 20.6. The quantitative estimate of drug-likeness (QED) is 0.441. The first-order chi connectivity index (χ1) is 12.4. The van der Waals surface area contributed by atoms with Gasteiger partial charge in [-0.15, -0.1) is 5.54 Å². The van der Waals surface area contributed by atoms with Gasteiger partial charge in [0.15, 0.2) is 0 Å². The van der Waals surface area contributed by atoms with Crippen LogP contribution in [0.25, 0.3) is 0 Å². The van der Waals surface area contributed by atoms with E-state index in [-0.39, 0.29) is 4.90 Å². The van der Waals surface area contributed by atoms with E-state index in [2.05, 4.69) is 53.0 Å². The van der Waals surface area contributed by atoms with Crippen LogP contribution in [-0.2, 0) is 10.0 Å². The van der Waals surface area contributed by atoms with E-state index in [1.54, 1.807) is 24.3 Å². The Kier molecular flexibility index (Phi) is 6.63. The van der Waals surface area contributed by atoms with Gasteiger partial charge in [0.05, 0.1) is 10.9 Å². The highest BCUT2D eigenvalue weighted by atomic mass is 32.2. The minimum Gasteiger partial charge on any atom is -0.379 e. The van der Waals surface area contributed by atoms with Crippen molar-refractivity contribution in [1.82, 2.24) is 4.31 Å². The van der Waals surface area contributed by atoms with Gasteiger partial charge >= 0.3 is 0 Å². The summed E-state index contributed by atoms with van der Waals surface area (Å²) in [5.74, 6) is 3.05. The third kappa shape index (κ3) is 4.32. The molecule has 150 valence electrons. The van der Waals surface area contributed by atoms with Crippen LogP contribution in [0.1, 0.15) is 47.1 Å². The molecule has 1 aliphatic heterocycles. The maximum absolute atomic E-state index is 12.7. The van der Waals surface area contributed by atoms with Crippen LogP contribution in [-0.4, -0.2) is 44.6 Å². The molecule has 1 saturated heterocycles. The highest BCUT2D eigenvalue weighted by Crippen LogP contribution is 2.41. The summed E-state index contributed by atoms with van der Waals surface area (Å²) in [5, 5.41) is 10.6. The molecule has 0 radical (unpaired) electrons. The summed E-state index contributed by atoms with van der Waals surface area (Å²) in [6.45, 7) is 15.6. The zero-order valence-electron chi connectivity index (χ0n) is 17.5. The van der Waals surface area contributed by atoms with Crippen molar-refractivity contribution >= 4 is 18.1 Å². The molecule has 6 heteroatoms. The molecule has 0 saturated carbocycles. The van der Waals surface area contributed by atoms with Crippen LogP contribution in [0.3, 0.4) is 0 Å². The first-order valence-electron chi connectivity index (χ1n) is 9.73. The fraction of sp³-hybridized carbons (Fsp3) is 0.619. The topological polar surface area (TPSA) is 57.4 Å². The highest BCUT2D eigenvalue weighted by Gasteiger charge is 2.49. The molecule has 1 N–H and O–H groups in total. The summed E-state index contributed by atoms with van der Waals surface area (Å²) in [4.78, 5) is 0.269. The normalized spacial score (nSPS) is 21.3. The zero-order valence-corrected chi connectivity index (χ0v) is 19.3. The largest absolute Gasteiger partial charge is 0.379 e. The predicted molar refractivity (Wildman–Crippen MR) is 114 cm³/mol. The van der Waals surface area contributed by atoms with Gasteiger partial charge in [0.25, 0.3) is 0 Å². The predicted octanol–water partition coefficient (Wildman–Crippen LogP) is 3.95. The van der Waals surface area contributed by atoms with Gasteiger partial charge in [-0.1, -0.05) is 65.2 Å². The number of aryl methyl sites for hydroxylation is 1. The lowest BCUT2D eigenvalue weighted by atomic mass is 10.2. The van der Waals surface area contributed by atoms with E-state index in [9.17, 15) is 13.5 Å². The Morgan fingerprint density at radius 3 is 1.96 bits per heavy atom. The summed E-state index contributed by atoms with van der Waals surface area (Å²) in [6, 6.07) is 6.37. The van der Waals surface area contributed by atoms with Crippen LogP contribution in [0.15, 0.2) is 29.2 Å². The van der Waals surface area contributed by atoms with Crippen molar-refractivity contribution in [3.8, 4) is 11.5 Å². The number of sulfonamides is 1. The van der Waals surface area contributed by atoms with Crippen LogP contribution in [0.2, 0.25) is 16.6 Å². The smallest absolute Gasteiger partial charge is 0.243 e. The Balaban J connectivity index is 2.21. The Morgan fingerprint density at radius 1 is 1.04 bits per heavy atom. The fourth-order valence-corrected chi connectivity index (χ4v) is 11.1. The number of benzene rings is 1. The molecule has 1 aromatic rings. The van der Waals surface area contributed by atoms with Crippen molar-refractivity contribution < 1.29 is 13.5 Å². The van der Waals surface area contributed by atoms with Crippen molar-refractivity contribution in [2.24, 2.45) is 0 Å². The number of aliphatic hydroxyl groups is 1. The molecule has 1 unspecified atom stereocenters.